The van der Waals surface area contributed by atoms with Crippen LogP contribution in [0.5, 0.6) is 0 Å². The van der Waals surface area contributed by atoms with E-state index in [2.05, 4.69) is 22.7 Å². The van der Waals surface area contributed by atoms with E-state index in [1.807, 2.05) is 48.9 Å². The molecule has 0 aliphatic carbocycles. The first kappa shape index (κ1) is 17.7. The van der Waals surface area contributed by atoms with Crippen LogP contribution < -0.4 is 10.6 Å². The highest BCUT2D eigenvalue weighted by atomic mass is 16.1. The fourth-order valence-corrected chi connectivity index (χ4v) is 3.69. The summed E-state index contributed by atoms with van der Waals surface area (Å²) in [5.74, 6) is 1.16. The van der Waals surface area contributed by atoms with E-state index >= 15 is 0 Å². The van der Waals surface area contributed by atoms with Gasteiger partial charge < -0.3 is 10.6 Å². The van der Waals surface area contributed by atoms with Crippen molar-refractivity contribution in [1.29, 1.82) is 0 Å². The van der Waals surface area contributed by atoms with Crippen LogP contribution in [0.2, 0.25) is 0 Å². The molecule has 1 amide bonds. The lowest BCUT2D eigenvalue weighted by molar-refractivity contribution is -0.117. The molecular formula is C20H28N4O. The number of nitrogens with zero attached hydrogens (tertiary/aromatic N) is 2. The Morgan fingerprint density at radius 2 is 2.08 bits per heavy atom. The van der Waals surface area contributed by atoms with Gasteiger partial charge >= 0.3 is 0 Å². The van der Waals surface area contributed by atoms with Crippen LogP contribution in [0.1, 0.15) is 37.6 Å². The van der Waals surface area contributed by atoms with Crippen molar-refractivity contribution in [2.75, 3.05) is 18.4 Å². The molecular weight excluding hydrogens is 312 g/mol. The Kier molecular flexibility index (Phi) is 5.53. The third-order valence-corrected chi connectivity index (χ3v) is 5.08. The van der Waals surface area contributed by atoms with Crippen LogP contribution in [0.3, 0.4) is 0 Å². The van der Waals surface area contributed by atoms with Crippen molar-refractivity contribution in [3.63, 3.8) is 0 Å². The fourth-order valence-electron chi connectivity index (χ4n) is 3.69. The third-order valence-electron chi connectivity index (χ3n) is 5.08. The van der Waals surface area contributed by atoms with Gasteiger partial charge in [-0.2, -0.15) is 5.10 Å². The lowest BCUT2D eigenvalue weighted by Crippen LogP contribution is -2.32. The van der Waals surface area contributed by atoms with Crippen LogP contribution in [0.25, 0.3) is 5.69 Å². The van der Waals surface area contributed by atoms with Gasteiger partial charge in [-0.05, 0) is 75.9 Å². The minimum Gasteiger partial charge on any atom is -0.326 e. The van der Waals surface area contributed by atoms with E-state index < -0.39 is 0 Å². The monoisotopic (exact) mass is 340 g/mol. The number of benzene rings is 1. The number of carbonyl (C=O) groups excluding carboxylic acids is 1. The molecule has 5 nitrogen and oxygen atoms in total. The highest BCUT2D eigenvalue weighted by molar-refractivity contribution is 5.91. The molecule has 0 radical (unpaired) electrons. The molecule has 0 spiro atoms. The van der Waals surface area contributed by atoms with Crippen LogP contribution >= 0.6 is 0 Å². The zero-order valence-corrected chi connectivity index (χ0v) is 15.4. The summed E-state index contributed by atoms with van der Waals surface area (Å²) in [6, 6.07) is 9.92. The van der Waals surface area contributed by atoms with Crippen LogP contribution in [0.15, 0.2) is 30.3 Å². The van der Waals surface area contributed by atoms with Gasteiger partial charge in [0.1, 0.15) is 0 Å². The Hall–Kier alpha value is -2.14. The number of anilines is 1. The standard InChI is InChI=1S/C20H28N4O/c1-14(17-7-9-21-10-8-17)11-20(25)22-18-5-4-6-19(13-18)24-16(3)12-15(2)23-24/h4-6,12-14,17,21H,7-11H2,1-3H3,(H,22,25). The Balaban J connectivity index is 1.63. The van der Waals surface area contributed by atoms with Crippen molar-refractivity contribution in [3.05, 3.63) is 41.7 Å². The molecule has 25 heavy (non-hydrogen) atoms. The van der Waals surface area contributed by atoms with Crippen molar-refractivity contribution >= 4 is 11.6 Å². The molecule has 5 heteroatoms. The van der Waals surface area contributed by atoms with E-state index in [1.54, 1.807) is 0 Å². The first-order chi connectivity index (χ1) is 12.0. The van der Waals surface area contributed by atoms with Crippen LogP contribution in [0.4, 0.5) is 5.69 Å². The summed E-state index contributed by atoms with van der Waals surface area (Å²) < 4.78 is 1.91. The molecule has 1 aromatic heterocycles. The summed E-state index contributed by atoms with van der Waals surface area (Å²) in [6.45, 7) is 8.35. The van der Waals surface area contributed by atoms with Crippen LogP contribution in [0, 0.1) is 25.7 Å². The highest BCUT2D eigenvalue weighted by Gasteiger charge is 2.22. The molecule has 1 atom stereocenters. The predicted octanol–water partition coefficient (Wildman–Crippen LogP) is 3.45. The molecule has 1 aliphatic rings. The minimum atomic E-state index is 0.0940. The number of carbonyl (C=O) groups is 1. The van der Waals surface area contributed by atoms with Crippen LogP contribution in [-0.2, 0) is 4.79 Å². The largest absolute Gasteiger partial charge is 0.326 e. The highest BCUT2D eigenvalue weighted by Crippen LogP contribution is 2.25. The molecule has 2 N–H and O–H groups in total. The van der Waals surface area contributed by atoms with Gasteiger partial charge in [-0.15, -0.1) is 0 Å². The second-order valence-electron chi connectivity index (χ2n) is 7.21. The smallest absolute Gasteiger partial charge is 0.224 e. The molecule has 3 rings (SSSR count). The van der Waals surface area contributed by atoms with Crippen molar-refractivity contribution in [1.82, 2.24) is 15.1 Å². The first-order valence-electron chi connectivity index (χ1n) is 9.17. The average molecular weight is 340 g/mol. The van der Waals surface area contributed by atoms with E-state index in [1.165, 1.54) is 12.8 Å². The summed E-state index contributed by atoms with van der Waals surface area (Å²) in [5.41, 5.74) is 3.87. The molecule has 1 aliphatic heterocycles. The zero-order valence-electron chi connectivity index (χ0n) is 15.4. The quantitative estimate of drug-likeness (QED) is 0.876. The van der Waals surface area contributed by atoms with Crippen LogP contribution in [-0.4, -0.2) is 28.8 Å². The topological polar surface area (TPSA) is 59.0 Å². The normalized spacial score (nSPS) is 16.6. The maximum Gasteiger partial charge on any atom is 0.224 e. The Bertz CT molecular complexity index is 731. The summed E-state index contributed by atoms with van der Waals surface area (Å²) in [5, 5.41) is 10.9. The number of aromatic nitrogens is 2. The summed E-state index contributed by atoms with van der Waals surface area (Å²) in [4.78, 5) is 12.4. The lowest BCUT2D eigenvalue weighted by Gasteiger charge is -2.27. The first-order valence-corrected chi connectivity index (χ1v) is 9.17. The Labute approximate surface area is 149 Å². The van der Waals surface area contributed by atoms with E-state index in [9.17, 15) is 4.79 Å². The van der Waals surface area contributed by atoms with Crippen molar-refractivity contribution < 1.29 is 4.79 Å². The number of amides is 1. The lowest BCUT2D eigenvalue weighted by atomic mass is 9.84. The van der Waals surface area contributed by atoms with Gasteiger partial charge in [-0.1, -0.05) is 13.0 Å². The predicted molar refractivity (Wildman–Crippen MR) is 101 cm³/mol. The van der Waals surface area contributed by atoms with E-state index in [0.717, 1.165) is 35.9 Å². The van der Waals surface area contributed by atoms with Gasteiger partial charge in [0.25, 0.3) is 0 Å². The maximum absolute atomic E-state index is 12.4. The molecule has 0 saturated carbocycles. The molecule has 134 valence electrons. The SMILES string of the molecule is Cc1cc(C)n(-c2cccc(NC(=O)CC(C)C3CCNCC3)c2)n1. The molecule has 1 aromatic carbocycles. The third kappa shape index (κ3) is 4.48. The number of piperidine rings is 1. The number of aryl methyl sites for hydroxylation is 2. The van der Waals surface area contributed by atoms with Gasteiger partial charge in [0.05, 0.1) is 11.4 Å². The van der Waals surface area contributed by atoms with Crippen molar-refractivity contribution in [2.24, 2.45) is 11.8 Å². The van der Waals surface area contributed by atoms with Gasteiger partial charge in [0, 0.05) is 17.8 Å². The molecule has 1 saturated heterocycles. The molecule has 0 bridgehead atoms. The fraction of sp³-hybridized carbons (Fsp3) is 0.500. The number of hydrogen-bond donors (Lipinski definition) is 2. The van der Waals surface area contributed by atoms with Crippen molar-refractivity contribution in [2.45, 2.75) is 40.0 Å². The van der Waals surface area contributed by atoms with Crippen molar-refractivity contribution in [3.8, 4) is 5.69 Å². The molecule has 1 unspecified atom stereocenters. The average Bonchev–Trinajstić information content (AvgIpc) is 2.94. The van der Waals surface area contributed by atoms with Gasteiger partial charge in [0.15, 0.2) is 0 Å². The number of nitrogens with one attached hydrogen (secondary N) is 2. The number of hydrogen-bond acceptors (Lipinski definition) is 3. The summed E-state index contributed by atoms with van der Waals surface area (Å²) in [6.07, 6.45) is 2.92. The van der Waals surface area contributed by atoms with E-state index in [-0.39, 0.29) is 5.91 Å². The second-order valence-corrected chi connectivity index (χ2v) is 7.21. The zero-order chi connectivity index (χ0) is 17.8. The molecule has 2 heterocycles. The Morgan fingerprint density at radius 3 is 2.76 bits per heavy atom. The Morgan fingerprint density at radius 1 is 1.32 bits per heavy atom. The summed E-state index contributed by atoms with van der Waals surface area (Å²) in [7, 11) is 0. The summed E-state index contributed by atoms with van der Waals surface area (Å²) >= 11 is 0. The van der Waals surface area contributed by atoms with Gasteiger partial charge in [-0.25, -0.2) is 4.68 Å². The number of rotatable bonds is 5. The molecule has 2 aromatic rings. The van der Waals surface area contributed by atoms with E-state index in [0.29, 0.717) is 18.3 Å². The van der Waals surface area contributed by atoms with Gasteiger partial charge in [-0.3, -0.25) is 4.79 Å². The maximum atomic E-state index is 12.4. The van der Waals surface area contributed by atoms with E-state index in [4.69, 9.17) is 0 Å². The minimum absolute atomic E-state index is 0.0940. The van der Waals surface area contributed by atoms with Gasteiger partial charge in [0.2, 0.25) is 5.91 Å². The second kappa shape index (κ2) is 7.83. The molecule has 1 fully saturated rings.